The van der Waals surface area contributed by atoms with Gasteiger partial charge in [0, 0.05) is 26.0 Å². The Morgan fingerprint density at radius 3 is 2.48 bits per heavy atom. The normalized spacial score (nSPS) is 15.3. The van der Waals surface area contributed by atoms with E-state index in [4.69, 9.17) is 0 Å². The highest BCUT2D eigenvalue weighted by Crippen LogP contribution is 2.27. The third-order valence-corrected chi connectivity index (χ3v) is 7.01. The van der Waals surface area contributed by atoms with Gasteiger partial charge in [-0.05, 0) is 62.2 Å². The Labute approximate surface area is 182 Å². The molecule has 0 unspecified atom stereocenters. The number of hydrogen-bond acceptors (Lipinski definition) is 4. The molecule has 0 aliphatic heterocycles. The van der Waals surface area contributed by atoms with Crippen LogP contribution in [-0.2, 0) is 19.6 Å². The zero-order chi connectivity index (χ0) is 22.2. The van der Waals surface area contributed by atoms with Crippen LogP contribution in [-0.4, -0.2) is 24.8 Å². The molecule has 0 spiro atoms. The number of anilines is 1. The maximum Gasteiger partial charge on any atom is 0.264 e. The molecule has 7 nitrogen and oxygen atoms in total. The molecule has 1 saturated carbocycles. The number of fused-ring (bicyclic) bond motifs is 1. The number of carbonyl (C=O) groups is 2. The van der Waals surface area contributed by atoms with Gasteiger partial charge in [0.2, 0.25) is 11.8 Å². The molecule has 1 atom stereocenters. The lowest BCUT2D eigenvalue weighted by Gasteiger charge is -2.23. The molecule has 31 heavy (non-hydrogen) atoms. The second kappa shape index (κ2) is 8.14. The van der Waals surface area contributed by atoms with Crippen LogP contribution in [0.4, 0.5) is 10.1 Å². The number of halogens is 1. The fourth-order valence-electron chi connectivity index (χ4n) is 3.52. The van der Waals surface area contributed by atoms with E-state index in [1.165, 1.54) is 30.3 Å². The van der Waals surface area contributed by atoms with E-state index in [0.717, 1.165) is 6.42 Å². The molecule has 2 N–H and O–H groups in total. The Balaban J connectivity index is 0.00000193. The lowest BCUT2D eigenvalue weighted by atomic mass is 9.85. The molecular formula is C22H26FN3O4S. The summed E-state index contributed by atoms with van der Waals surface area (Å²) in [5.74, 6) is -1.42. The minimum absolute atomic E-state index is 0. The second-order valence-corrected chi connectivity index (χ2v) is 9.37. The van der Waals surface area contributed by atoms with Crippen LogP contribution in [0.2, 0.25) is 0 Å². The quantitative estimate of drug-likeness (QED) is 0.595. The maximum absolute atomic E-state index is 13.9. The molecule has 0 bridgehead atoms. The molecular weight excluding hydrogens is 421 g/mol. The van der Waals surface area contributed by atoms with Crippen LogP contribution >= 0.6 is 0 Å². The molecule has 3 aromatic rings. The summed E-state index contributed by atoms with van der Waals surface area (Å²) in [6.07, 6.45) is 3.98. The van der Waals surface area contributed by atoms with E-state index in [1.54, 1.807) is 35.9 Å². The summed E-state index contributed by atoms with van der Waals surface area (Å²) in [7, 11) is -3.96. The van der Waals surface area contributed by atoms with Gasteiger partial charge in [-0.2, -0.15) is 0 Å². The summed E-state index contributed by atoms with van der Waals surface area (Å²) < 4.78 is 42.4. The highest BCUT2D eigenvalue weighted by molar-refractivity contribution is 7.90. The Morgan fingerprint density at radius 1 is 1.13 bits per heavy atom. The Kier molecular flexibility index (Phi) is 5.53. The zero-order valence-electron chi connectivity index (χ0n) is 16.8. The number of hydrogen-bond donors (Lipinski definition) is 2. The number of carbonyl (C=O) groups excluding carboxylic acids is 2. The number of nitrogens with one attached hydrogen (secondary N) is 2. The van der Waals surface area contributed by atoms with Crippen molar-refractivity contribution in [2.45, 2.75) is 37.1 Å². The van der Waals surface area contributed by atoms with Gasteiger partial charge in [0.1, 0.15) is 11.9 Å². The number of aromatic nitrogens is 1. The molecule has 166 valence electrons. The Morgan fingerprint density at radius 2 is 1.84 bits per heavy atom. The third kappa shape index (κ3) is 4.18. The van der Waals surface area contributed by atoms with E-state index in [1.807, 2.05) is 0 Å². The van der Waals surface area contributed by atoms with Crippen LogP contribution in [0.15, 0.2) is 59.6 Å². The topological polar surface area (TPSA) is 97.3 Å². The number of benzene rings is 2. The van der Waals surface area contributed by atoms with Crippen molar-refractivity contribution in [2.24, 2.45) is 5.92 Å². The average molecular weight is 448 g/mol. The average Bonchev–Trinajstić information content (AvgIpc) is 3.11. The van der Waals surface area contributed by atoms with Crippen LogP contribution in [0.1, 0.15) is 35.1 Å². The van der Waals surface area contributed by atoms with Gasteiger partial charge in [0.15, 0.2) is 0 Å². The fourth-order valence-corrected chi connectivity index (χ4v) is 4.57. The van der Waals surface area contributed by atoms with E-state index in [0.29, 0.717) is 29.4 Å². The molecule has 1 fully saturated rings. The van der Waals surface area contributed by atoms with Crippen LogP contribution in [0.5, 0.6) is 0 Å². The van der Waals surface area contributed by atoms with Gasteiger partial charge in [-0.3, -0.25) is 9.59 Å². The smallest absolute Gasteiger partial charge is 0.264 e. The predicted octanol–water partition coefficient (Wildman–Crippen LogP) is 4.08. The minimum Gasteiger partial charge on any atom is -0.335 e. The maximum atomic E-state index is 13.9. The van der Waals surface area contributed by atoms with Crippen LogP contribution in [0.3, 0.4) is 0 Å². The molecule has 2 amide bonds. The number of amides is 2. The van der Waals surface area contributed by atoms with Crippen LogP contribution < -0.4 is 10.0 Å². The number of rotatable bonds is 6. The van der Waals surface area contributed by atoms with Crippen LogP contribution in [0, 0.1) is 11.7 Å². The van der Waals surface area contributed by atoms with Crippen LogP contribution in [0.25, 0.3) is 10.9 Å². The van der Waals surface area contributed by atoms with Gasteiger partial charge in [-0.25, -0.2) is 17.5 Å². The third-order valence-electron chi connectivity index (χ3n) is 5.65. The van der Waals surface area contributed by atoms with Gasteiger partial charge in [0.25, 0.3) is 10.0 Å². The first-order valence-corrected chi connectivity index (χ1v) is 11.5. The summed E-state index contributed by atoms with van der Waals surface area (Å²) in [6, 6.07) is 11.3. The van der Waals surface area contributed by atoms with E-state index in [-0.39, 0.29) is 25.4 Å². The summed E-state index contributed by atoms with van der Waals surface area (Å²) in [5.41, 5.74) is 1.01. The van der Waals surface area contributed by atoms with Crippen molar-refractivity contribution >= 4 is 38.4 Å². The number of nitrogens with zero attached hydrogens (tertiary/aromatic N) is 1. The molecule has 1 aliphatic rings. The molecule has 1 heterocycles. The summed E-state index contributed by atoms with van der Waals surface area (Å²) in [5, 5.41) is 3.16. The molecule has 2 aromatic carbocycles. The molecule has 9 heteroatoms. The van der Waals surface area contributed by atoms with Gasteiger partial charge in [-0.1, -0.05) is 12.5 Å². The molecule has 1 aromatic heterocycles. The standard InChI is InChI=1S/C22H22FN3O4S.2H2/c1-14(26-13-12-18-19(23)6-3-7-20(18)26)21(27)24-16-8-10-17(11-9-16)31(29,30)25-22(28)15-4-2-5-15;;/h3,6-15H,2,4-5H2,1H3,(H,24,27)(H,25,28);2*1H/t14-;;/m1../s1. The SMILES string of the molecule is C[C@H](C(=O)Nc1ccc(S(=O)(=O)NC(=O)C2CCC2)cc1)n1ccc2c(F)cccc21.[HH].[HH]. The number of sulfonamides is 1. The first-order chi connectivity index (χ1) is 14.8. The van der Waals surface area contributed by atoms with Gasteiger partial charge in [0.05, 0.1) is 10.4 Å². The Bertz CT molecular complexity index is 1260. The lowest BCUT2D eigenvalue weighted by molar-refractivity contribution is -0.125. The monoisotopic (exact) mass is 447 g/mol. The van der Waals surface area contributed by atoms with E-state index in [2.05, 4.69) is 10.0 Å². The first kappa shape index (κ1) is 21.0. The predicted molar refractivity (Wildman–Crippen MR) is 119 cm³/mol. The van der Waals surface area contributed by atoms with E-state index >= 15 is 0 Å². The second-order valence-electron chi connectivity index (χ2n) is 7.68. The highest BCUT2D eigenvalue weighted by atomic mass is 32.2. The van der Waals surface area contributed by atoms with E-state index < -0.39 is 22.0 Å². The van der Waals surface area contributed by atoms with Crippen molar-refractivity contribution in [3.63, 3.8) is 0 Å². The molecule has 0 radical (unpaired) electrons. The zero-order valence-corrected chi connectivity index (χ0v) is 17.7. The minimum atomic E-state index is -3.96. The summed E-state index contributed by atoms with van der Waals surface area (Å²) in [6.45, 7) is 1.69. The molecule has 0 saturated heterocycles. The molecule has 4 rings (SSSR count). The van der Waals surface area contributed by atoms with Crippen molar-refractivity contribution in [2.75, 3.05) is 5.32 Å². The lowest BCUT2D eigenvalue weighted by Crippen LogP contribution is -2.38. The van der Waals surface area contributed by atoms with Gasteiger partial charge in [-0.15, -0.1) is 0 Å². The van der Waals surface area contributed by atoms with Gasteiger partial charge >= 0.3 is 0 Å². The van der Waals surface area contributed by atoms with E-state index in [9.17, 15) is 22.4 Å². The summed E-state index contributed by atoms with van der Waals surface area (Å²) >= 11 is 0. The fraction of sp³-hybridized carbons (Fsp3) is 0.273. The van der Waals surface area contributed by atoms with Gasteiger partial charge < -0.3 is 9.88 Å². The van der Waals surface area contributed by atoms with Crippen molar-refractivity contribution < 1.29 is 25.3 Å². The highest BCUT2D eigenvalue weighted by Gasteiger charge is 2.29. The first-order valence-electron chi connectivity index (χ1n) is 9.99. The van der Waals surface area contributed by atoms with Crippen molar-refractivity contribution in [3.05, 3.63) is 60.5 Å². The Hall–Kier alpha value is -3.20. The summed E-state index contributed by atoms with van der Waals surface area (Å²) in [4.78, 5) is 24.6. The largest absolute Gasteiger partial charge is 0.335 e. The van der Waals surface area contributed by atoms with Crippen molar-refractivity contribution in [3.8, 4) is 0 Å². The molecule has 1 aliphatic carbocycles. The van der Waals surface area contributed by atoms with Crippen molar-refractivity contribution in [1.82, 2.24) is 9.29 Å². The van der Waals surface area contributed by atoms with Crippen molar-refractivity contribution in [1.29, 1.82) is 0 Å².